The fourth-order valence-corrected chi connectivity index (χ4v) is 7.94. The largest absolute Gasteiger partial charge is 0.463 e. The minimum atomic E-state index is 0.142. The van der Waals surface area contributed by atoms with Crippen LogP contribution < -0.4 is 19.9 Å². The quantitative estimate of drug-likeness (QED) is 0.191. The minimum Gasteiger partial charge on any atom is -0.463 e. The molecular weight excluding hydrogens is 578 g/mol. The van der Waals surface area contributed by atoms with Crippen LogP contribution in [0.15, 0.2) is 36.4 Å². The summed E-state index contributed by atoms with van der Waals surface area (Å²) in [5.41, 5.74) is 3.67. The lowest BCUT2D eigenvalue weighted by Gasteiger charge is -2.41. The lowest BCUT2D eigenvalue weighted by atomic mass is 9.69. The number of nitrogens with zero attached hydrogens (tertiary/aromatic N) is 4. The predicted octanol–water partition coefficient (Wildman–Crippen LogP) is 9.21. The van der Waals surface area contributed by atoms with E-state index < -0.39 is 0 Å². The van der Waals surface area contributed by atoms with Crippen molar-refractivity contribution in [2.24, 2.45) is 11.3 Å². The lowest BCUT2D eigenvalue weighted by molar-refractivity contribution is 0.0513. The first-order valence-electron chi connectivity index (χ1n) is 17.8. The molecule has 3 heterocycles. The van der Waals surface area contributed by atoms with Gasteiger partial charge in [-0.15, -0.1) is 0 Å². The van der Waals surface area contributed by atoms with Crippen molar-refractivity contribution in [3.05, 3.63) is 52.7 Å². The Morgan fingerprint density at radius 2 is 1.73 bits per heavy atom. The summed E-state index contributed by atoms with van der Waals surface area (Å²) in [6, 6.07) is 14.0. The maximum atomic E-state index is 6.79. The van der Waals surface area contributed by atoms with Crippen LogP contribution in [0.4, 0.5) is 11.5 Å². The average Bonchev–Trinajstić information content (AvgIpc) is 3.06. The topological polar surface area (TPSA) is 53.5 Å². The number of aromatic nitrogens is 2. The van der Waals surface area contributed by atoms with Crippen molar-refractivity contribution in [2.45, 2.75) is 118 Å². The van der Waals surface area contributed by atoms with Crippen molar-refractivity contribution in [3.63, 3.8) is 0 Å². The Balaban J connectivity index is 1.52. The van der Waals surface area contributed by atoms with Gasteiger partial charge in [-0.05, 0) is 56.0 Å². The van der Waals surface area contributed by atoms with E-state index in [-0.39, 0.29) is 5.41 Å². The molecule has 6 nitrogen and oxygen atoms in total. The van der Waals surface area contributed by atoms with Gasteiger partial charge in [-0.25, -0.2) is 0 Å². The molecule has 1 fully saturated rings. The number of hydrogen-bond donors (Lipinski definition) is 1. The van der Waals surface area contributed by atoms with Crippen molar-refractivity contribution in [2.75, 3.05) is 36.0 Å². The predicted molar refractivity (Wildman–Crippen MR) is 191 cm³/mol. The molecule has 0 aliphatic carbocycles. The molecule has 0 saturated carbocycles. The molecule has 1 aromatic heterocycles. The van der Waals surface area contributed by atoms with Crippen LogP contribution in [-0.2, 0) is 13.0 Å². The van der Waals surface area contributed by atoms with Gasteiger partial charge in [-0.2, -0.15) is 9.97 Å². The van der Waals surface area contributed by atoms with E-state index in [1.54, 1.807) is 0 Å². The molecule has 2 aliphatic rings. The zero-order chi connectivity index (χ0) is 32.0. The van der Waals surface area contributed by atoms with E-state index in [0.29, 0.717) is 37.2 Å². The van der Waals surface area contributed by atoms with Crippen LogP contribution in [0.2, 0.25) is 5.02 Å². The summed E-state index contributed by atoms with van der Waals surface area (Å²) in [7, 11) is 0. The van der Waals surface area contributed by atoms with E-state index in [9.17, 15) is 0 Å². The van der Waals surface area contributed by atoms with Crippen LogP contribution in [0, 0.1) is 11.3 Å². The van der Waals surface area contributed by atoms with Gasteiger partial charge in [-0.1, -0.05) is 103 Å². The molecule has 246 valence electrons. The molecule has 3 aromatic rings. The highest BCUT2D eigenvalue weighted by atomic mass is 35.5. The summed E-state index contributed by atoms with van der Waals surface area (Å²) in [4.78, 5) is 15.4. The van der Waals surface area contributed by atoms with Crippen LogP contribution in [0.3, 0.4) is 0 Å². The molecule has 45 heavy (non-hydrogen) atoms. The number of unbranched alkanes of at least 4 members (excludes halogenated alkanes) is 2. The highest BCUT2D eigenvalue weighted by Gasteiger charge is 2.36. The molecule has 0 amide bonds. The molecule has 5 rings (SSSR count). The van der Waals surface area contributed by atoms with Crippen molar-refractivity contribution in [1.82, 2.24) is 15.3 Å². The summed E-state index contributed by atoms with van der Waals surface area (Å²) >= 11 is 6.78. The Morgan fingerprint density at radius 1 is 1.00 bits per heavy atom. The standard InChI is InChI=1S/C38H56ClN5O/c1-7-11-20-38(21-12-8-2,27(5)9-3)26-45-37-41-33-25-43(34-18-14-16-29-15-13-17-32(39)35(29)34)22-19-31(33)36(42-37)44-23-28(6)40-30(10-4)24-44/h13-18,27-28,30,40H,7-12,19-26H2,1-6H3/t27?,28?,30-/m1/s1. The summed E-state index contributed by atoms with van der Waals surface area (Å²) in [6.45, 7) is 18.1. The normalized spacial score (nSPS) is 19.5. The van der Waals surface area contributed by atoms with Gasteiger partial charge in [-0.3, -0.25) is 0 Å². The van der Waals surface area contributed by atoms with Gasteiger partial charge in [0.15, 0.2) is 0 Å². The average molecular weight is 634 g/mol. The van der Waals surface area contributed by atoms with E-state index >= 15 is 0 Å². The summed E-state index contributed by atoms with van der Waals surface area (Å²) < 4.78 is 6.79. The molecule has 2 unspecified atom stereocenters. The van der Waals surface area contributed by atoms with Crippen molar-refractivity contribution in [3.8, 4) is 6.01 Å². The summed E-state index contributed by atoms with van der Waals surface area (Å²) in [6.07, 6.45) is 10.4. The van der Waals surface area contributed by atoms with E-state index in [1.807, 2.05) is 12.1 Å². The van der Waals surface area contributed by atoms with Crippen molar-refractivity contribution in [1.29, 1.82) is 0 Å². The molecule has 0 bridgehead atoms. The van der Waals surface area contributed by atoms with Crippen LogP contribution in [0.1, 0.15) is 104 Å². The number of piperazine rings is 1. The first-order valence-corrected chi connectivity index (χ1v) is 18.2. The molecule has 1 N–H and O–H groups in total. The zero-order valence-corrected chi connectivity index (χ0v) is 29.4. The van der Waals surface area contributed by atoms with Gasteiger partial charge in [0.25, 0.3) is 0 Å². The highest BCUT2D eigenvalue weighted by molar-refractivity contribution is 6.36. The fourth-order valence-electron chi connectivity index (χ4n) is 7.66. The second-order valence-corrected chi connectivity index (χ2v) is 14.2. The van der Waals surface area contributed by atoms with Gasteiger partial charge in [0, 0.05) is 53.8 Å². The Hall–Kier alpha value is -2.57. The molecule has 3 atom stereocenters. The number of hydrogen-bond acceptors (Lipinski definition) is 6. The third kappa shape index (κ3) is 7.54. The van der Waals surface area contributed by atoms with E-state index in [1.165, 1.54) is 55.2 Å². The number of anilines is 2. The van der Waals surface area contributed by atoms with Gasteiger partial charge in [0.1, 0.15) is 5.82 Å². The summed E-state index contributed by atoms with van der Waals surface area (Å²) in [5, 5.41) is 6.85. The smallest absolute Gasteiger partial charge is 0.318 e. The maximum Gasteiger partial charge on any atom is 0.318 e. The van der Waals surface area contributed by atoms with Gasteiger partial charge >= 0.3 is 6.01 Å². The summed E-state index contributed by atoms with van der Waals surface area (Å²) in [5.74, 6) is 1.66. The number of nitrogens with one attached hydrogen (secondary N) is 1. The van der Waals surface area contributed by atoms with Crippen LogP contribution in [0.5, 0.6) is 6.01 Å². The molecular formula is C38H56ClN5O. The highest BCUT2D eigenvalue weighted by Crippen LogP contribution is 2.42. The monoisotopic (exact) mass is 633 g/mol. The number of benzene rings is 2. The first kappa shape index (κ1) is 33.8. The van der Waals surface area contributed by atoms with E-state index in [2.05, 4.69) is 80.9 Å². The molecule has 2 aliphatic heterocycles. The maximum absolute atomic E-state index is 6.79. The number of fused-ring (bicyclic) bond motifs is 2. The second kappa shape index (κ2) is 15.3. The van der Waals surface area contributed by atoms with Crippen molar-refractivity contribution < 1.29 is 4.74 Å². The SMILES string of the molecule is CCCCC(CCCC)(COc1nc2c(c(N3CC(C)N[C@H](CC)C3)n1)CCN(c1cccc3cccc(Cl)c13)C2)C(C)CC. The Bertz CT molecular complexity index is 1400. The van der Waals surface area contributed by atoms with Gasteiger partial charge in [0.05, 0.1) is 23.9 Å². The molecule has 2 aromatic carbocycles. The van der Waals surface area contributed by atoms with Gasteiger partial charge in [0.2, 0.25) is 0 Å². The Kier molecular flexibility index (Phi) is 11.5. The van der Waals surface area contributed by atoms with Crippen LogP contribution in [0.25, 0.3) is 10.8 Å². The van der Waals surface area contributed by atoms with Crippen molar-refractivity contribution >= 4 is 33.9 Å². The second-order valence-electron chi connectivity index (χ2n) is 13.8. The lowest BCUT2D eigenvalue weighted by Crippen LogP contribution is -2.56. The molecule has 0 radical (unpaired) electrons. The molecule has 1 saturated heterocycles. The molecule has 7 heteroatoms. The van der Waals surface area contributed by atoms with E-state index in [0.717, 1.165) is 60.8 Å². The number of ether oxygens (including phenoxy) is 1. The van der Waals surface area contributed by atoms with Crippen LogP contribution in [-0.4, -0.2) is 48.3 Å². The zero-order valence-electron chi connectivity index (χ0n) is 28.7. The molecule has 0 spiro atoms. The van der Waals surface area contributed by atoms with Gasteiger partial charge < -0.3 is 19.9 Å². The van der Waals surface area contributed by atoms with Crippen LogP contribution >= 0.6 is 11.6 Å². The fraction of sp³-hybridized carbons (Fsp3) is 0.632. The Labute approximate surface area is 277 Å². The number of halogens is 1. The Morgan fingerprint density at radius 3 is 2.42 bits per heavy atom. The van der Waals surface area contributed by atoms with E-state index in [4.69, 9.17) is 26.3 Å². The third-order valence-corrected chi connectivity index (χ3v) is 11.0. The third-order valence-electron chi connectivity index (χ3n) is 10.6. The minimum absolute atomic E-state index is 0.142. The first-order chi connectivity index (χ1) is 21.8. The number of rotatable bonds is 14.